The molecule has 5 nitrogen and oxygen atoms in total. The highest BCUT2D eigenvalue weighted by atomic mass is 35.5. The lowest BCUT2D eigenvalue weighted by Gasteiger charge is -2.05. The van der Waals surface area contributed by atoms with Crippen LogP contribution in [-0.4, -0.2) is 28.5 Å². The second-order valence-electron chi connectivity index (χ2n) is 3.87. The molecule has 1 aromatic heterocycles. The van der Waals surface area contributed by atoms with Crippen LogP contribution in [0.3, 0.4) is 0 Å². The Labute approximate surface area is 109 Å². The zero-order valence-corrected chi connectivity index (χ0v) is 10.6. The van der Waals surface area contributed by atoms with Gasteiger partial charge in [-0.1, -0.05) is 11.6 Å². The van der Waals surface area contributed by atoms with Crippen LogP contribution >= 0.6 is 23.2 Å². The summed E-state index contributed by atoms with van der Waals surface area (Å²) in [5, 5.41) is 6.09. The van der Waals surface area contributed by atoms with Crippen molar-refractivity contribution in [3.63, 3.8) is 0 Å². The van der Waals surface area contributed by atoms with E-state index in [0.717, 1.165) is 0 Å². The maximum atomic E-state index is 11.5. The van der Waals surface area contributed by atoms with Crippen LogP contribution in [0.2, 0.25) is 10.4 Å². The van der Waals surface area contributed by atoms with Gasteiger partial charge < -0.3 is 10.6 Å². The van der Waals surface area contributed by atoms with E-state index in [4.69, 9.17) is 23.2 Å². The molecule has 17 heavy (non-hydrogen) atoms. The lowest BCUT2D eigenvalue weighted by atomic mass is 10.4. The Bertz CT molecular complexity index is 403. The van der Waals surface area contributed by atoms with Gasteiger partial charge in [0.05, 0.1) is 0 Å². The van der Waals surface area contributed by atoms with Crippen LogP contribution in [-0.2, 0) is 4.79 Å². The third-order valence-electron chi connectivity index (χ3n) is 2.30. The molecule has 1 aliphatic rings. The number of halogens is 2. The molecule has 0 bridgehead atoms. The topological polar surface area (TPSA) is 66.9 Å². The van der Waals surface area contributed by atoms with Gasteiger partial charge in [-0.15, -0.1) is 0 Å². The molecule has 2 N–H and O–H groups in total. The first-order valence-electron chi connectivity index (χ1n) is 5.37. The minimum Gasteiger partial charge on any atom is -0.313 e. The van der Waals surface area contributed by atoms with Gasteiger partial charge in [0.25, 0.3) is 0 Å². The SMILES string of the molecule is O=C(CCNC1CC1)Nc1cc(Cl)nc(Cl)n1. The predicted octanol–water partition coefficient (Wildman–Crippen LogP) is 1.86. The number of hydrogen-bond acceptors (Lipinski definition) is 4. The predicted molar refractivity (Wildman–Crippen MR) is 66.3 cm³/mol. The highest BCUT2D eigenvalue weighted by molar-refractivity contribution is 6.32. The van der Waals surface area contributed by atoms with Crippen molar-refractivity contribution in [1.82, 2.24) is 15.3 Å². The molecule has 0 aliphatic heterocycles. The number of aromatic nitrogens is 2. The second kappa shape index (κ2) is 5.62. The van der Waals surface area contributed by atoms with Crippen LogP contribution in [0.5, 0.6) is 0 Å². The van der Waals surface area contributed by atoms with Crippen LogP contribution in [0.25, 0.3) is 0 Å². The number of hydrogen-bond donors (Lipinski definition) is 2. The maximum Gasteiger partial charge on any atom is 0.226 e. The average molecular weight is 275 g/mol. The zero-order chi connectivity index (χ0) is 12.3. The minimum atomic E-state index is -0.121. The quantitative estimate of drug-likeness (QED) is 0.636. The average Bonchev–Trinajstić information content (AvgIpc) is 2.99. The fraction of sp³-hybridized carbons (Fsp3) is 0.500. The summed E-state index contributed by atoms with van der Waals surface area (Å²) >= 11 is 11.3. The number of rotatable bonds is 5. The van der Waals surface area contributed by atoms with Crippen molar-refractivity contribution in [2.24, 2.45) is 0 Å². The van der Waals surface area contributed by atoms with E-state index in [9.17, 15) is 4.79 Å². The molecule has 1 fully saturated rings. The van der Waals surface area contributed by atoms with E-state index in [-0.39, 0.29) is 16.3 Å². The number of nitrogens with zero attached hydrogens (tertiary/aromatic N) is 2. The van der Waals surface area contributed by atoms with Crippen molar-refractivity contribution in [2.45, 2.75) is 25.3 Å². The molecule has 1 aromatic rings. The van der Waals surface area contributed by atoms with E-state index in [0.29, 0.717) is 24.8 Å². The van der Waals surface area contributed by atoms with E-state index in [1.807, 2.05) is 0 Å². The number of amides is 1. The van der Waals surface area contributed by atoms with Crippen molar-refractivity contribution in [1.29, 1.82) is 0 Å². The number of anilines is 1. The van der Waals surface area contributed by atoms with Crippen molar-refractivity contribution < 1.29 is 4.79 Å². The van der Waals surface area contributed by atoms with E-state index < -0.39 is 0 Å². The normalized spacial score (nSPS) is 14.7. The largest absolute Gasteiger partial charge is 0.313 e. The van der Waals surface area contributed by atoms with Gasteiger partial charge >= 0.3 is 0 Å². The highest BCUT2D eigenvalue weighted by Gasteiger charge is 2.20. The van der Waals surface area contributed by atoms with Gasteiger partial charge in [0.15, 0.2) is 0 Å². The standard InChI is InChI=1S/C10H12Cl2N4O/c11-7-5-8(16-10(12)14-7)15-9(17)3-4-13-6-1-2-6/h5-6,13H,1-4H2,(H,14,15,16,17). The van der Waals surface area contributed by atoms with Crippen LogP contribution in [0, 0.1) is 0 Å². The molecule has 0 atom stereocenters. The molecule has 0 saturated heterocycles. The van der Waals surface area contributed by atoms with Gasteiger partial charge in [-0.3, -0.25) is 4.79 Å². The number of nitrogens with one attached hydrogen (secondary N) is 2. The molecule has 1 aliphatic carbocycles. The Balaban J connectivity index is 1.79. The fourth-order valence-corrected chi connectivity index (χ4v) is 1.75. The molecule has 1 heterocycles. The van der Waals surface area contributed by atoms with Crippen LogP contribution in [0.15, 0.2) is 6.07 Å². The van der Waals surface area contributed by atoms with Crippen molar-refractivity contribution in [3.8, 4) is 0 Å². The Hall–Kier alpha value is -0.910. The van der Waals surface area contributed by atoms with Gasteiger partial charge in [-0.2, -0.15) is 0 Å². The second-order valence-corrected chi connectivity index (χ2v) is 4.60. The minimum absolute atomic E-state index is 0.0175. The molecule has 0 aromatic carbocycles. The Morgan fingerprint density at radius 3 is 2.82 bits per heavy atom. The molecule has 92 valence electrons. The van der Waals surface area contributed by atoms with Crippen molar-refractivity contribution in [3.05, 3.63) is 16.5 Å². The first-order valence-corrected chi connectivity index (χ1v) is 6.12. The summed E-state index contributed by atoms with van der Waals surface area (Å²) in [6, 6.07) is 2.06. The smallest absolute Gasteiger partial charge is 0.226 e. The lowest BCUT2D eigenvalue weighted by molar-refractivity contribution is -0.116. The van der Waals surface area contributed by atoms with E-state index >= 15 is 0 Å². The van der Waals surface area contributed by atoms with Crippen molar-refractivity contribution in [2.75, 3.05) is 11.9 Å². The summed E-state index contributed by atoms with van der Waals surface area (Å²) in [4.78, 5) is 19.1. The molecule has 0 radical (unpaired) electrons. The monoisotopic (exact) mass is 274 g/mol. The first kappa shape index (κ1) is 12.5. The lowest BCUT2D eigenvalue weighted by Crippen LogP contribution is -2.23. The molecular weight excluding hydrogens is 263 g/mol. The number of carbonyl (C=O) groups excluding carboxylic acids is 1. The Morgan fingerprint density at radius 1 is 1.41 bits per heavy atom. The van der Waals surface area contributed by atoms with Gasteiger partial charge in [0.1, 0.15) is 11.0 Å². The zero-order valence-electron chi connectivity index (χ0n) is 9.04. The van der Waals surface area contributed by atoms with E-state index in [1.54, 1.807) is 0 Å². The third kappa shape index (κ3) is 4.46. The van der Waals surface area contributed by atoms with Gasteiger partial charge in [0.2, 0.25) is 11.2 Å². The van der Waals surface area contributed by atoms with Crippen molar-refractivity contribution >= 4 is 34.9 Å². The Kier molecular flexibility index (Phi) is 4.15. The summed E-state index contributed by atoms with van der Waals surface area (Å²) in [5.74, 6) is 0.204. The fourth-order valence-electron chi connectivity index (χ4n) is 1.34. The molecule has 0 unspecified atom stereocenters. The summed E-state index contributed by atoms with van der Waals surface area (Å²) in [6.45, 7) is 0.670. The van der Waals surface area contributed by atoms with Crippen LogP contribution in [0.4, 0.5) is 5.82 Å². The molecule has 2 rings (SSSR count). The summed E-state index contributed by atoms with van der Waals surface area (Å²) < 4.78 is 0. The van der Waals surface area contributed by atoms with Gasteiger partial charge in [-0.05, 0) is 24.4 Å². The van der Waals surface area contributed by atoms with E-state index in [2.05, 4.69) is 20.6 Å². The molecule has 7 heteroatoms. The maximum absolute atomic E-state index is 11.5. The molecule has 0 spiro atoms. The van der Waals surface area contributed by atoms with Gasteiger partial charge in [-0.25, -0.2) is 9.97 Å². The van der Waals surface area contributed by atoms with E-state index in [1.165, 1.54) is 18.9 Å². The van der Waals surface area contributed by atoms with Gasteiger partial charge in [0, 0.05) is 25.1 Å². The molecular formula is C10H12Cl2N4O. The third-order valence-corrected chi connectivity index (χ3v) is 2.66. The highest BCUT2D eigenvalue weighted by Crippen LogP contribution is 2.18. The van der Waals surface area contributed by atoms with Crippen LogP contribution in [0.1, 0.15) is 19.3 Å². The summed E-state index contributed by atoms with van der Waals surface area (Å²) in [7, 11) is 0. The Morgan fingerprint density at radius 2 is 2.18 bits per heavy atom. The summed E-state index contributed by atoms with van der Waals surface area (Å²) in [6.07, 6.45) is 2.81. The summed E-state index contributed by atoms with van der Waals surface area (Å²) in [5.41, 5.74) is 0. The number of carbonyl (C=O) groups is 1. The van der Waals surface area contributed by atoms with Crippen LogP contribution < -0.4 is 10.6 Å². The molecule has 1 amide bonds. The molecule has 1 saturated carbocycles. The first-order chi connectivity index (χ1) is 8.13.